The molecule has 1 rings (SSSR count). The van der Waals surface area contributed by atoms with Crippen molar-refractivity contribution in [3.05, 3.63) is 28.2 Å². The number of benzene rings is 1. The number of phenolic OH excluding ortho intramolecular Hbond substituents is 1. The van der Waals surface area contributed by atoms with Crippen LogP contribution < -0.4 is 0 Å². The van der Waals surface area contributed by atoms with Gasteiger partial charge in [-0.15, -0.1) is 0 Å². The lowest BCUT2D eigenvalue weighted by atomic mass is 10.2. The Morgan fingerprint density at radius 2 is 2.06 bits per heavy atom. The summed E-state index contributed by atoms with van der Waals surface area (Å²) in [6.07, 6.45) is 2.42. The van der Waals surface area contributed by atoms with Gasteiger partial charge in [0.2, 0.25) is 0 Å². The minimum atomic E-state index is 0.373. The molecule has 90 valence electrons. The smallest absolute Gasteiger partial charge is 0.134 e. The second-order valence-electron chi connectivity index (χ2n) is 3.97. The number of para-hydroxylation sites is 1. The number of halogens is 1. The van der Waals surface area contributed by atoms with Crippen molar-refractivity contribution < 1.29 is 5.11 Å². The maximum atomic E-state index is 9.89. The number of hydrogen-bond donors (Lipinski definition) is 1. The van der Waals surface area contributed by atoms with Gasteiger partial charge in [-0.2, -0.15) is 0 Å². The van der Waals surface area contributed by atoms with Crippen LogP contribution in [-0.4, -0.2) is 23.1 Å². The molecule has 3 heteroatoms. The fraction of sp³-hybridized carbons (Fsp3) is 0.538. The second kappa shape index (κ2) is 6.92. The minimum absolute atomic E-state index is 0.373. The van der Waals surface area contributed by atoms with Gasteiger partial charge < -0.3 is 5.11 Å². The molecule has 0 aliphatic heterocycles. The van der Waals surface area contributed by atoms with Crippen LogP contribution in [0.2, 0.25) is 0 Å². The highest BCUT2D eigenvalue weighted by Gasteiger charge is 2.08. The van der Waals surface area contributed by atoms with E-state index in [1.54, 1.807) is 0 Å². The van der Waals surface area contributed by atoms with Crippen molar-refractivity contribution in [2.75, 3.05) is 13.1 Å². The van der Waals surface area contributed by atoms with Crippen LogP contribution in [0.1, 0.15) is 32.3 Å². The van der Waals surface area contributed by atoms with E-state index in [0.717, 1.165) is 29.7 Å². The summed E-state index contributed by atoms with van der Waals surface area (Å²) in [4.78, 5) is 2.35. The Labute approximate surface area is 106 Å². The first-order valence-electron chi connectivity index (χ1n) is 5.87. The van der Waals surface area contributed by atoms with E-state index in [2.05, 4.69) is 34.7 Å². The molecule has 1 N–H and O–H groups in total. The van der Waals surface area contributed by atoms with E-state index < -0.39 is 0 Å². The standard InChI is InChI=1S/C13H20BrNO/c1-3-5-9-15(4-2)10-11-7-6-8-12(14)13(11)16/h6-8,16H,3-5,9-10H2,1-2H3. The topological polar surface area (TPSA) is 23.5 Å². The third kappa shape index (κ3) is 3.80. The largest absolute Gasteiger partial charge is 0.506 e. The van der Waals surface area contributed by atoms with Gasteiger partial charge >= 0.3 is 0 Å². The normalized spacial score (nSPS) is 11.0. The van der Waals surface area contributed by atoms with Crippen LogP contribution in [0.25, 0.3) is 0 Å². The van der Waals surface area contributed by atoms with Gasteiger partial charge in [0, 0.05) is 12.1 Å². The lowest BCUT2D eigenvalue weighted by molar-refractivity contribution is 0.271. The highest BCUT2D eigenvalue weighted by Crippen LogP contribution is 2.28. The summed E-state index contributed by atoms with van der Waals surface area (Å²) < 4.78 is 0.775. The van der Waals surface area contributed by atoms with Gasteiger partial charge in [0.15, 0.2) is 0 Å². The molecule has 0 fully saturated rings. The Hall–Kier alpha value is -0.540. The Morgan fingerprint density at radius 3 is 2.69 bits per heavy atom. The van der Waals surface area contributed by atoms with Crippen molar-refractivity contribution in [1.29, 1.82) is 0 Å². The maximum absolute atomic E-state index is 9.89. The van der Waals surface area contributed by atoms with Gasteiger partial charge in [-0.1, -0.05) is 32.4 Å². The van der Waals surface area contributed by atoms with Crippen molar-refractivity contribution >= 4 is 15.9 Å². The molecule has 1 aromatic carbocycles. The van der Waals surface area contributed by atoms with Crippen LogP contribution in [0.4, 0.5) is 0 Å². The predicted molar refractivity (Wildman–Crippen MR) is 71.7 cm³/mol. The summed E-state index contributed by atoms with van der Waals surface area (Å²) >= 11 is 3.34. The average Bonchev–Trinajstić information content (AvgIpc) is 2.30. The maximum Gasteiger partial charge on any atom is 0.134 e. The van der Waals surface area contributed by atoms with E-state index in [1.165, 1.54) is 12.8 Å². The molecular formula is C13H20BrNO. The Bertz CT molecular complexity index is 328. The van der Waals surface area contributed by atoms with E-state index in [4.69, 9.17) is 0 Å². The highest BCUT2D eigenvalue weighted by atomic mass is 79.9. The average molecular weight is 286 g/mol. The molecule has 16 heavy (non-hydrogen) atoms. The number of hydrogen-bond acceptors (Lipinski definition) is 2. The fourth-order valence-electron chi connectivity index (χ4n) is 1.66. The fourth-order valence-corrected chi connectivity index (χ4v) is 2.07. The van der Waals surface area contributed by atoms with E-state index >= 15 is 0 Å². The summed E-state index contributed by atoms with van der Waals surface area (Å²) in [5.74, 6) is 0.373. The first-order chi connectivity index (χ1) is 7.69. The Balaban J connectivity index is 2.66. The van der Waals surface area contributed by atoms with E-state index in [-0.39, 0.29) is 0 Å². The van der Waals surface area contributed by atoms with E-state index in [1.807, 2.05) is 18.2 Å². The SMILES string of the molecule is CCCCN(CC)Cc1cccc(Br)c1O. The molecule has 0 aliphatic rings. The first-order valence-corrected chi connectivity index (χ1v) is 6.67. The van der Waals surface area contributed by atoms with Crippen molar-refractivity contribution in [2.24, 2.45) is 0 Å². The third-order valence-corrected chi connectivity index (χ3v) is 3.38. The molecule has 0 saturated heterocycles. The van der Waals surface area contributed by atoms with Crippen LogP contribution in [0.15, 0.2) is 22.7 Å². The molecule has 0 bridgehead atoms. The lowest BCUT2D eigenvalue weighted by Crippen LogP contribution is -2.23. The number of nitrogens with zero attached hydrogens (tertiary/aromatic N) is 1. The van der Waals surface area contributed by atoms with Gasteiger partial charge in [-0.25, -0.2) is 0 Å². The molecule has 1 aromatic rings. The number of phenols is 1. The third-order valence-electron chi connectivity index (χ3n) is 2.74. The zero-order chi connectivity index (χ0) is 12.0. The van der Waals surface area contributed by atoms with Crippen molar-refractivity contribution in [3.8, 4) is 5.75 Å². The quantitative estimate of drug-likeness (QED) is 0.860. The molecule has 0 amide bonds. The van der Waals surface area contributed by atoms with Gasteiger partial charge in [0.1, 0.15) is 5.75 Å². The monoisotopic (exact) mass is 285 g/mol. The lowest BCUT2D eigenvalue weighted by Gasteiger charge is -2.20. The van der Waals surface area contributed by atoms with Gasteiger partial charge in [-0.05, 0) is 41.5 Å². The van der Waals surface area contributed by atoms with E-state index in [9.17, 15) is 5.11 Å². The number of rotatable bonds is 6. The van der Waals surface area contributed by atoms with Crippen molar-refractivity contribution in [1.82, 2.24) is 4.90 Å². The van der Waals surface area contributed by atoms with Gasteiger partial charge in [-0.3, -0.25) is 4.90 Å². The van der Waals surface area contributed by atoms with Gasteiger partial charge in [0.25, 0.3) is 0 Å². The molecule has 0 unspecified atom stereocenters. The predicted octanol–water partition coefficient (Wildman–Crippen LogP) is 3.78. The van der Waals surface area contributed by atoms with Crippen LogP contribution in [0, 0.1) is 0 Å². The summed E-state index contributed by atoms with van der Waals surface area (Å²) in [5.41, 5.74) is 0.993. The van der Waals surface area contributed by atoms with Crippen LogP contribution in [0.3, 0.4) is 0 Å². The molecule has 0 radical (unpaired) electrons. The molecule has 2 nitrogen and oxygen atoms in total. The molecule has 0 heterocycles. The summed E-state index contributed by atoms with van der Waals surface area (Å²) in [6, 6.07) is 5.81. The summed E-state index contributed by atoms with van der Waals surface area (Å²) in [6.45, 7) is 7.29. The van der Waals surface area contributed by atoms with Crippen molar-refractivity contribution in [2.45, 2.75) is 33.2 Å². The number of aromatic hydroxyl groups is 1. The highest BCUT2D eigenvalue weighted by molar-refractivity contribution is 9.10. The van der Waals surface area contributed by atoms with Crippen molar-refractivity contribution in [3.63, 3.8) is 0 Å². The zero-order valence-corrected chi connectivity index (χ0v) is 11.6. The zero-order valence-electron chi connectivity index (χ0n) is 10.0. The second-order valence-corrected chi connectivity index (χ2v) is 4.82. The van der Waals surface area contributed by atoms with E-state index in [0.29, 0.717) is 5.75 Å². The first kappa shape index (κ1) is 13.5. The molecular weight excluding hydrogens is 266 g/mol. The number of unbranched alkanes of at least 4 members (excludes halogenated alkanes) is 1. The van der Waals surface area contributed by atoms with Crippen LogP contribution in [-0.2, 0) is 6.54 Å². The Kier molecular flexibility index (Phi) is 5.85. The Morgan fingerprint density at radius 1 is 1.31 bits per heavy atom. The molecule has 0 aromatic heterocycles. The van der Waals surface area contributed by atoms with Crippen LogP contribution >= 0.6 is 15.9 Å². The molecule has 0 aliphatic carbocycles. The molecule has 0 atom stereocenters. The summed E-state index contributed by atoms with van der Waals surface area (Å²) in [5, 5.41) is 9.89. The molecule has 0 saturated carbocycles. The van der Waals surface area contributed by atoms with Gasteiger partial charge in [0.05, 0.1) is 4.47 Å². The summed E-state index contributed by atoms with van der Waals surface area (Å²) in [7, 11) is 0. The minimum Gasteiger partial charge on any atom is -0.506 e. The van der Waals surface area contributed by atoms with Crippen LogP contribution in [0.5, 0.6) is 5.75 Å². The molecule has 0 spiro atoms.